The summed E-state index contributed by atoms with van der Waals surface area (Å²) in [6, 6.07) is 0. The maximum atomic E-state index is 5.85. The molecule has 0 spiro atoms. The van der Waals surface area contributed by atoms with Gasteiger partial charge in [0.1, 0.15) is 17.8 Å². The molecule has 0 aliphatic carbocycles. The van der Waals surface area contributed by atoms with Crippen LogP contribution in [-0.4, -0.2) is 19.9 Å². The van der Waals surface area contributed by atoms with Crippen molar-refractivity contribution in [1.29, 1.82) is 0 Å². The Morgan fingerprint density at radius 1 is 0.923 bits per heavy atom. The lowest BCUT2D eigenvalue weighted by molar-refractivity contribution is 1.14. The predicted molar refractivity (Wildman–Crippen MR) is 48.1 cm³/mol. The summed E-state index contributed by atoms with van der Waals surface area (Å²) in [5, 5.41) is 0.407. The van der Waals surface area contributed by atoms with E-state index in [4.69, 9.17) is 11.6 Å². The monoisotopic (exact) mass is 192 g/mol. The minimum absolute atomic E-state index is 0.407. The summed E-state index contributed by atoms with van der Waals surface area (Å²) < 4.78 is 0. The van der Waals surface area contributed by atoms with Gasteiger partial charge >= 0.3 is 0 Å². The molecular weight excluding hydrogens is 188 g/mol. The molecular formula is C8H5ClN4. The van der Waals surface area contributed by atoms with Crippen LogP contribution in [0.15, 0.2) is 31.2 Å². The summed E-state index contributed by atoms with van der Waals surface area (Å²) in [6.07, 6.45) is 7.82. The summed E-state index contributed by atoms with van der Waals surface area (Å²) in [4.78, 5) is 15.5. The van der Waals surface area contributed by atoms with Gasteiger partial charge in [-0.3, -0.25) is 0 Å². The fraction of sp³-hybridized carbons (Fsp3) is 0. The first-order valence-corrected chi connectivity index (χ1v) is 3.96. The highest BCUT2D eigenvalue weighted by molar-refractivity contribution is 6.32. The maximum Gasteiger partial charge on any atom is 0.140 e. The van der Waals surface area contributed by atoms with Crippen molar-refractivity contribution in [1.82, 2.24) is 19.9 Å². The van der Waals surface area contributed by atoms with E-state index in [9.17, 15) is 0 Å². The Kier molecular flexibility index (Phi) is 2.14. The minimum atomic E-state index is 0.407. The molecule has 0 aliphatic heterocycles. The lowest BCUT2D eigenvalue weighted by Crippen LogP contribution is -1.86. The van der Waals surface area contributed by atoms with Crippen LogP contribution in [0.4, 0.5) is 0 Å². The number of halogens is 1. The number of aromatic nitrogens is 4. The summed E-state index contributed by atoms with van der Waals surface area (Å²) in [6.45, 7) is 0. The van der Waals surface area contributed by atoms with E-state index in [0.717, 1.165) is 11.1 Å². The van der Waals surface area contributed by atoms with Gasteiger partial charge < -0.3 is 0 Å². The molecule has 64 valence electrons. The zero-order chi connectivity index (χ0) is 9.10. The number of hydrogen-bond donors (Lipinski definition) is 0. The lowest BCUT2D eigenvalue weighted by atomic mass is 10.2. The van der Waals surface area contributed by atoms with Gasteiger partial charge in [0.05, 0.1) is 0 Å². The van der Waals surface area contributed by atoms with Crippen molar-refractivity contribution in [2.24, 2.45) is 0 Å². The highest BCUT2D eigenvalue weighted by Gasteiger charge is 2.03. The molecule has 0 radical (unpaired) electrons. The van der Waals surface area contributed by atoms with Gasteiger partial charge in [-0.05, 0) is 0 Å². The summed E-state index contributed by atoms with van der Waals surface area (Å²) in [5.41, 5.74) is 1.55. The van der Waals surface area contributed by atoms with Crippen LogP contribution in [0.1, 0.15) is 0 Å². The molecule has 0 N–H and O–H groups in total. The second-order valence-corrected chi connectivity index (χ2v) is 2.71. The zero-order valence-electron chi connectivity index (χ0n) is 6.55. The largest absolute Gasteiger partial charge is 0.244 e. The summed E-state index contributed by atoms with van der Waals surface area (Å²) in [5.74, 6) is 0. The van der Waals surface area contributed by atoms with E-state index < -0.39 is 0 Å². The molecule has 2 rings (SSSR count). The molecule has 0 fully saturated rings. The molecule has 2 heterocycles. The van der Waals surface area contributed by atoms with E-state index in [1.54, 1.807) is 18.6 Å². The molecule has 0 atom stereocenters. The van der Waals surface area contributed by atoms with Crippen molar-refractivity contribution >= 4 is 11.6 Å². The third-order valence-electron chi connectivity index (χ3n) is 1.54. The van der Waals surface area contributed by atoms with E-state index in [-0.39, 0.29) is 0 Å². The topological polar surface area (TPSA) is 51.6 Å². The highest BCUT2D eigenvalue weighted by Crippen LogP contribution is 2.22. The first-order valence-electron chi connectivity index (χ1n) is 3.59. The van der Waals surface area contributed by atoms with Crippen molar-refractivity contribution in [3.8, 4) is 11.1 Å². The SMILES string of the molecule is Clc1ncncc1-c1cncnc1. The standard InChI is InChI=1S/C8H5ClN4/c9-8-7(3-12-5-13-8)6-1-10-4-11-2-6/h1-5H. The lowest BCUT2D eigenvalue weighted by Gasteiger charge is -1.99. The Balaban J connectivity index is 2.54. The van der Waals surface area contributed by atoms with Crippen LogP contribution in [-0.2, 0) is 0 Å². The quantitative estimate of drug-likeness (QED) is 0.644. The first-order chi connectivity index (χ1) is 6.38. The summed E-state index contributed by atoms with van der Waals surface area (Å²) >= 11 is 5.85. The average Bonchev–Trinajstić information content (AvgIpc) is 2.20. The Morgan fingerprint density at radius 2 is 1.62 bits per heavy atom. The second kappa shape index (κ2) is 3.45. The Labute approximate surface area is 79.7 Å². The van der Waals surface area contributed by atoms with Crippen molar-refractivity contribution in [2.45, 2.75) is 0 Å². The van der Waals surface area contributed by atoms with Crippen LogP contribution >= 0.6 is 11.6 Å². The molecule has 0 bridgehead atoms. The molecule has 2 aromatic heterocycles. The van der Waals surface area contributed by atoms with E-state index in [1.807, 2.05) is 0 Å². The van der Waals surface area contributed by atoms with Crippen molar-refractivity contribution < 1.29 is 0 Å². The third-order valence-corrected chi connectivity index (χ3v) is 1.84. The van der Waals surface area contributed by atoms with Crippen molar-refractivity contribution in [2.75, 3.05) is 0 Å². The van der Waals surface area contributed by atoms with Crippen LogP contribution in [0.2, 0.25) is 5.15 Å². The molecule has 0 aromatic carbocycles. The molecule has 0 aliphatic rings. The minimum Gasteiger partial charge on any atom is -0.244 e. The molecule has 0 saturated carbocycles. The maximum absolute atomic E-state index is 5.85. The van der Waals surface area contributed by atoms with Gasteiger partial charge in [-0.2, -0.15) is 0 Å². The fourth-order valence-corrected chi connectivity index (χ4v) is 1.15. The molecule has 0 saturated heterocycles. The van der Waals surface area contributed by atoms with Crippen molar-refractivity contribution in [3.63, 3.8) is 0 Å². The first kappa shape index (κ1) is 8.07. The molecule has 0 amide bonds. The molecule has 2 aromatic rings. The van der Waals surface area contributed by atoms with Gasteiger partial charge in [0.25, 0.3) is 0 Å². The third kappa shape index (κ3) is 1.62. The van der Waals surface area contributed by atoms with E-state index in [1.165, 1.54) is 12.7 Å². The van der Waals surface area contributed by atoms with Crippen molar-refractivity contribution in [3.05, 3.63) is 36.4 Å². The van der Waals surface area contributed by atoms with Crippen LogP contribution in [0.25, 0.3) is 11.1 Å². The number of rotatable bonds is 1. The number of hydrogen-bond acceptors (Lipinski definition) is 4. The Hall–Kier alpha value is -1.55. The van der Waals surface area contributed by atoms with Crippen LogP contribution in [0.5, 0.6) is 0 Å². The van der Waals surface area contributed by atoms with Crippen LogP contribution in [0.3, 0.4) is 0 Å². The van der Waals surface area contributed by atoms with E-state index in [0.29, 0.717) is 5.15 Å². The van der Waals surface area contributed by atoms with Gasteiger partial charge in [-0.15, -0.1) is 0 Å². The summed E-state index contributed by atoms with van der Waals surface area (Å²) in [7, 11) is 0. The van der Waals surface area contributed by atoms with Gasteiger partial charge in [-0.25, -0.2) is 19.9 Å². The smallest absolute Gasteiger partial charge is 0.140 e. The van der Waals surface area contributed by atoms with E-state index >= 15 is 0 Å². The molecule has 0 unspecified atom stereocenters. The van der Waals surface area contributed by atoms with Gasteiger partial charge in [0.15, 0.2) is 0 Å². The zero-order valence-corrected chi connectivity index (χ0v) is 7.31. The normalized spacial score (nSPS) is 9.92. The Morgan fingerprint density at radius 3 is 2.31 bits per heavy atom. The molecule has 13 heavy (non-hydrogen) atoms. The Bertz CT molecular complexity index is 404. The second-order valence-electron chi connectivity index (χ2n) is 2.35. The van der Waals surface area contributed by atoms with Gasteiger partial charge in [-0.1, -0.05) is 11.6 Å². The van der Waals surface area contributed by atoms with Crippen LogP contribution in [0, 0.1) is 0 Å². The highest BCUT2D eigenvalue weighted by atomic mass is 35.5. The predicted octanol–water partition coefficient (Wildman–Crippen LogP) is 1.59. The molecule has 5 heteroatoms. The van der Waals surface area contributed by atoms with E-state index in [2.05, 4.69) is 19.9 Å². The van der Waals surface area contributed by atoms with Gasteiger partial charge in [0.2, 0.25) is 0 Å². The number of nitrogens with zero attached hydrogens (tertiary/aromatic N) is 4. The fourth-order valence-electron chi connectivity index (χ4n) is 0.947. The molecule has 4 nitrogen and oxygen atoms in total. The average molecular weight is 193 g/mol. The van der Waals surface area contributed by atoms with Gasteiger partial charge in [0, 0.05) is 29.7 Å². The van der Waals surface area contributed by atoms with Crippen LogP contribution < -0.4 is 0 Å².